The zero-order valence-corrected chi connectivity index (χ0v) is 10.6. The molecular formula is C13H12Cl2N2. The van der Waals surface area contributed by atoms with Crippen LogP contribution in [0.3, 0.4) is 0 Å². The summed E-state index contributed by atoms with van der Waals surface area (Å²) in [6.45, 7) is 0.513. The van der Waals surface area contributed by atoms with E-state index in [0.29, 0.717) is 16.6 Å². The van der Waals surface area contributed by atoms with Crippen molar-refractivity contribution in [3.8, 4) is 0 Å². The van der Waals surface area contributed by atoms with Gasteiger partial charge in [0.25, 0.3) is 0 Å². The highest BCUT2D eigenvalue weighted by Crippen LogP contribution is 2.28. The zero-order chi connectivity index (χ0) is 12.3. The Morgan fingerprint density at radius 3 is 2.65 bits per heavy atom. The molecule has 0 aromatic heterocycles. The summed E-state index contributed by atoms with van der Waals surface area (Å²) in [7, 11) is 0. The molecule has 2 aromatic rings. The van der Waals surface area contributed by atoms with Gasteiger partial charge in [-0.15, -0.1) is 0 Å². The van der Waals surface area contributed by atoms with Crippen molar-refractivity contribution >= 4 is 34.6 Å². The molecule has 0 spiro atoms. The highest BCUT2D eigenvalue weighted by Gasteiger charge is 2.02. The van der Waals surface area contributed by atoms with Crippen LogP contribution < -0.4 is 11.1 Å². The first-order valence-electron chi connectivity index (χ1n) is 5.20. The maximum Gasteiger partial charge on any atom is 0.0642 e. The lowest BCUT2D eigenvalue weighted by atomic mass is 10.2. The Morgan fingerprint density at radius 2 is 1.88 bits per heavy atom. The largest absolute Gasteiger partial charge is 0.354 e. The molecule has 4 heteroatoms. The third-order valence-corrected chi connectivity index (χ3v) is 2.93. The minimum atomic E-state index is 0.513. The second-order valence-corrected chi connectivity index (χ2v) is 4.50. The fourth-order valence-corrected chi connectivity index (χ4v) is 1.86. The van der Waals surface area contributed by atoms with Crippen LogP contribution in [0.2, 0.25) is 10.0 Å². The molecule has 88 valence electrons. The molecule has 0 aliphatic heterocycles. The van der Waals surface area contributed by atoms with Gasteiger partial charge in [0, 0.05) is 17.3 Å². The maximum atomic E-state index is 6.07. The second kappa shape index (κ2) is 5.41. The van der Waals surface area contributed by atoms with Gasteiger partial charge in [-0.3, -0.25) is 0 Å². The van der Waals surface area contributed by atoms with Gasteiger partial charge in [0.05, 0.1) is 10.7 Å². The monoisotopic (exact) mass is 266 g/mol. The molecule has 0 bridgehead atoms. The normalized spacial score (nSPS) is 10.3. The first-order chi connectivity index (χ1) is 8.19. The Kier molecular flexibility index (Phi) is 3.89. The van der Waals surface area contributed by atoms with Crippen LogP contribution in [-0.2, 0) is 6.54 Å². The third kappa shape index (κ3) is 3.13. The van der Waals surface area contributed by atoms with E-state index in [1.807, 2.05) is 24.3 Å². The van der Waals surface area contributed by atoms with Gasteiger partial charge in [0.1, 0.15) is 0 Å². The smallest absolute Gasteiger partial charge is 0.0642 e. The molecule has 2 nitrogen and oxygen atoms in total. The molecular weight excluding hydrogens is 255 g/mol. The van der Waals surface area contributed by atoms with Crippen LogP contribution in [0.15, 0.2) is 42.5 Å². The lowest BCUT2D eigenvalue weighted by Crippen LogP contribution is -1.97. The van der Waals surface area contributed by atoms with E-state index >= 15 is 0 Å². The minimum absolute atomic E-state index is 0.513. The van der Waals surface area contributed by atoms with Crippen molar-refractivity contribution in [3.05, 3.63) is 58.1 Å². The summed E-state index contributed by atoms with van der Waals surface area (Å²) in [4.78, 5) is 0. The van der Waals surface area contributed by atoms with E-state index in [1.54, 1.807) is 18.2 Å². The Labute approximate surface area is 110 Å². The average molecular weight is 267 g/mol. The maximum absolute atomic E-state index is 6.07. The quantitative estimate of drug-likeness (QED) is 0.874. The van der Waals surface area contributed by atoms with Crippen molar-refractivity contribution in [2.45, 2.75) is 6.54 Å². The summed E-state index contributed by atoms with van der Waals surface area (Å²) >= 11 is 12.0. The van der Waals surface area contributed by atoms with Crippen LogP contribution >= 0.6 is 23.2 Å². The molecule has 0 atom stereocenters. The summed E-state index contributed by atoms with van der Waals surface area (Å²) in [5.74, 6) is 0. The van der Waals surface area contributed by atoms with E-state index in [4.69, 9.17) is 28.9 Å². The highest BCUT2D eigenvalue weighted by molar-refractivity contribution is 6.35. The van der Waals surface area contributed by atoms with E-state index in [0.717, 1.165) is 16.9 Å². The Balaban J connectivity index is 2.27. The molecule has 3 N–H and O–H groups in total. The first kappa shape index (κ1) is 12.2. The molecule has 0 unspecified atom stereocenters. The SMILES string of the molecule is NCc1cccc(Nc2cc(Cl)ccc2Cl)c1. The van der Waals surface area contributed by atoms with Gasteiger partial charge in [-0.25, -0.2) is 0 Å². The summed E-state index contributed by atoms with van der Waals surface area (Å²) < 4.78 is 0. The molecule has 17 heavy (non-hydrogen) atoms. The molecule has 0 saturated carbocycles. The molecule has 0 radical (unpaired) electrons. The first-order valence-corrected chi connectivity index (χ1v) is 5.96. The number of rotatable bonds is 3. The summed E-state index contributed by atoms with van der Waals surface area (Å²) in [6, 6.07) is 13.2. The van der Waals surface area contributed by atoms with Crippen LogP contribution in [0.1, 0.15) is 5.56 Å². The number of nitrogens with one attached hydrogen (secondary N) is 1. The second-order valence-electron chi connectivity index (χ2n) is 3.65. The number of anilines is 2. The van der Waals surface area contributed by atoms with Crippen LogP contribution in [0.25, 0.3) is 0 Å². The standard InChI is InChI=1S/C13H12Cl2N2/c14-10-4-5-12(15)13(7-10)17-11-3-1-2-9(6-11)8-16/h1-7,17H,8,16H2. The van der Waals surface area contributed by atoms with Crippen LogP contribution in [0.4, 0.5) is 11.4 Å². The van der Waals surface area contributed by atoms with Crippen LogP contribution in [0.5, 0.6) is 0 Å². The molecule has 2 rings (SSSR count). The number of hydrogen-bond acceptors (Lipinski definition) is 2. The highest BCUT2D eigenvalue weighted by atomic mass is 35.5. The Morgan fingerprint density at radius 1 is 1.06 bits per heavy atom. The lowest BCUT2D eigenvalue weighted by molar-refractivity contribution is 1.07. The molecule has 0 fully saturated rings. The predicted molar refractivity (Wildman–Crippen MR) is 74.1 cm³/mol. The molecule has 2 aromatic carbocycles. The molecule has 0 aliphatic carbocycles. The fourth-order valence-electron chi connectivity index (χ4n) is 1.52. The number of hydrogen-bond donors (Lipinski definition) is 2. The van der Waals surface area contributed by atoms with E-state index in [2.05, 4.69) is 5.32 Å². The van der Waals surface area contributed by atoms with E-state index < -0.39 is 0 Å². The van der Waals surface area contributed by atoms with Gasteiger partial charge in [-0.1, -0.05) is 35.3 Å². The molecule has 0 aliphatic rings. The summed E-state index contributed by atoms with van der Waals surface area (Å²) in [5, 5.41) is 4.49. The number of halogens is 2. The molecule has 0 amide bonds. The Bertz CT molecular complexity index is 527. The molecule has 0 saturated heterocycles. The average Bonchev–Trinajstić information content (AvgIpc) is 2.34. The van der Waals surface area contributed by atoms with Gasteiger partial charge >= 0.3 is 0 Å². The van der Waals surface area contributed by atoms with Gasteiger partial charge in [-0.2, -0.15) is 0 Å². The Hall–Kier alpha value is -1.22. The summed E-state index contributed by atoms with van der Waals surface area (Å²) in [5.41, 5.74) is 8.38. The van der Waals surface area contributed by atoms with Gasteiger partial charge in [0.15, 0.2) is 0 Å². The van der Waals surface area contributed by atoms with Crippen molar-refractivity contribution in [2.24, 2.45) is 5.73 Å². The topological polar surface area (TPSA) is 38.0 Å². The number of nitrogens with two attached hydrogens (primary N) is 1. The predicted octanol–water partition coefficient (Wildman–Crippen LogP) is 4.20. The van der Waals surface area contributed by atoms with Gasteiger partial charge < -0.3 is 11.1 Å². The van der Waals surface area contributed by atoms with E-state index in [9.17, 15) is 0 Å². The lowest BCUT2D eigenvalue weighted by Gasteiger charge is -2.09. The van der Waals surface area contributed by atoms with E-state index in [-0.39, 0.29) is 0 Å². The zero-order valence-electron chi connectivity index (χ0n) is 9.08. The number of benzene rings is 2. The fraction of sp³-hybridized carbons (Fsp3) is 0.0769. The van der Waals surface area contributed by atoms with Crippen LogP contribution in [-0.4, -0.2) is 0 Å². The van der Waals surface area contributed by atoms with Crippen molar-refractivity contribution in [1.82, 2.24) is 0 Å². The third-order valence-electron chi connectivity index (χ3n) is 2.37. The summed E-state index contributed by atoms with van der Waals surface area (Å²) in [6.07, 6.45) is 0. The minimum Gasteiger partial charge on any atom is -0.354 e. The molecule has 0 heterocycles. The van der Waals surface area contributed by atoms with Gasteiger partial charge in [0.2, 0.25) is 0 Å². The van der Waals surface area contributed by atoms with Gasteiger partial charge in [-0.05, 0) is 35.9 Å². The van der Waals surface area contributed by atoms with Crippen molar-refractivity contribution in [3.63, 3.8) is 0 Å². The van der Waals surface area contributed by atoms with Crippen LogP contribution in [0, 0.1) is 0 Å². The van der Waals surface area contributed by atoms with Crippen molar-refractivity contribution < 1.29 is 0 Å². The van der Waals surface area contributed by atoms with Crippen molar-refractivity contribution in [2.75, 3.05) is 5.32 Å². The van der Waals surface area contributed by atoms with Crippen molar-refractivity contribution in [1.29, 1.82) is 0 Å². The van der Waals surface area contributed by atoms with E-state index in [1.165, 1.54) is 0 Å².